The van der Waals surface area contributed by atoms with Crippen LogP contribution in [0.2, 0.25) is 0 Å². The van der Waals surface area contributed by atoms with Crippen LogP contribution in [0.4, 0.5) is 5.69 Å². The predicted molar refractivity (Wildman–Crippen MR) is 97.1 cm³/mol. The molecule has 3 aliphatic rings. The Morgan fingerprint density at radius 1 is 1.08 bits per heavy atom. The summed E-state index contributed by atoms with van der Waals surface area (Å²) in [4.78, 5) is 12.7. The van der Waals surface area contributed by atoms with Crippen molar-refractivity contribution in [2.45, 2.75) is 17.7 Å². The third-order valence-electron chi connectivity index (χ3n) is 5.92. The molecule has 0 N–H and O–H groups in total. The first-order chi connectivity index (χ1) is 12.4. The second-order valence-electron chi connectivity index (χ2n) is 7.47. The molecule has 7 nitrogen and oxygen atoms in total. The summed E-state index contributed by atoms with van der Waals surface area (Å²) in [5.41, 5.74) is -0.358. The highest BCUT2D eigenvalue weighted by Gasteiger charge is 2.38. The van der Waals surface area contributed by atoms with E-state index in [-0.39, 0.29) is 10.6 Å². The highest BCUT2D eigenvalue weighted by atomic mass is 32.2. The first kappa shape index (κ1) is 17.6. The molecule has 26 heavy (non-hydrogen) atoms. The van der Waals surface area contributed by atoms with Gasteiger partial charge in [0.1, 0.15) is 0 Å². The van der Waals surface area contributed by atoms with E-state index in [2.05, 4.69) is 17.1 Å². The fraction of sp³-hybridized carbons (Fsp3) is 0.556. The van der Waals surface area contributed by atoms with E-state index < -0.39 is 14.9 Å². The molecule has 1 aromatic rings. The molecule has 4 rings (SSSR count). The summed E-state index contributed by atoms with van der Waals surface area (Å²) in [6.07, 6.45) is 7.19. The zero-order chi connectivity index (χ0) is 18.3. The molecule has 1 aliphatic heterocycles. The summed E-state index contributed by atoms with van der Waals surface area (Å²) in [6.45, 7) is 3.13. The number of para-hydroxylation sites is 1. The highest BCUT2D eigenvalue weighted by molar-refractivity contribution is 7.89. The van der Waals surface area contributed by atoms with Gasteiger partial charge in [0.25, 0.3) is 5.69 Å². The number of hydrogen-bond donors (Lipinski definition) is 0. The fourth-order valence-electron chi connectivity index (χ4n) is 4.55. The second-order valence-corrected chi connectivity index (χ2v) is 9.38. The molecule has 1 saturated carbocycles. The number of piperazine rings is 1. The van der Waals surface area contributed by atoms with Crippen LogP contribution >= 0.6 is 0 Å². The zero-order valence-electron chi connectivity index (χ0n) is 14.5. The number of allylic oxidation sites excluding steroid dienone is 2. The van der Waals surface area contributed by atoms with Gasteiger partial charge in [-0.25, -0.2) is 8.42 Å². The number of hydrogen-bond acceptors (Lipinski definition) is 5. The lowest BCUT2D eigenvalue weighted by Crippen LogP contribution is -2.50. The molecular formula is C18H23N3O4S. The smallest absolute Gasteiger partial charge is 0.289 e. The number of nitrogens with zero attached hydrogens (tertiary/aromatic N) is 3. The lowest BCUT2D eigenvalue weighted by atomic mass is 9.93. The molecule has 8 heteroatoms. The first-order valence-corrected chi connectivity index (χ1v) is 10.5. The summed E-state index contributed by atoms with van der Waals surface area (Å²) >= 11 is 0. The maximum Gasteiger partial charge on any atom is 0.289 e. The Morgan fingerprint density at radius 3 is 2.42 bits per heavy atom. The Labute approximate surface area is 153 Å². The van der Waals surface area contributed by atoms with Gasteiger partial charge < -0.3 is 4.90 Å². The first-order valence-electron chi connectivity index (χ1n) is 9.09. The molecule has 2 bridgehead atoms. The molecule has 140 valence electrons. The molecule has 3 atom stereocenters. The Hall–Kier alpha value is -1.77. The van der Waals surface area contributed by atoms with Crippen LogP contribution in [0.1, 0.15) is 12.8 Å². The minimum atomic E-state index is -3.84. The molecule has 0 spiro atoms. The van der Waals surface area contributed by atoms with Crippen LogP contribution in [-0.4, -0.2) is 55.3 Å². The summed E-state index contributed by atoms with van der Waals surface area (Å²) in [6, 6.07) is 5.57. The number of nitro benzene ring substituents is 1. The largest absolute Gasteiger partial charge is 0.300 e. The van der Waals surface area contributed by atoms with Crippen LogP contribution in [0.3, 0.4) is 0 Å². The van der Waals surface area contributed by atoms with E-state index in [4.69, 9.17) is 0 Å². The fourth-order valence-corrected chi connectivity index (χ4v) is 6.13. The van der Waals surface area contributed by atoms with Crippen LogP contribution in [0, 0.1) is 27.9 Å². The molecule has 0 unspecified atom stereocenters. The van der Waals surface area contributed by atoms with Crippen molar-refractivity contribution in [3.05, 3.63) is 46.5 Å². The summed E-state index contributed by atoms with van der Waals surface area (Å²) in [5, 5.41) is 11.2. The third-order valence-corrected chi connectivity index (χ3v) is 7.87. The predicted octanol–water partition coefficient (Wildman–Crippen LogP) is 2.11. The van der Waals surface area contributed by atoms with E-state index in [9.17, 15) is 18.5 Å². The van der Waals surface area contributed by atoms with Crippen LogP contribution in [0.25, 0.3) is 0 Å². The van der Waals surface area contributed by atoms with E-state index in [0.29, 0.717) is 38.0 Å². The summed E-state index contributed by atoms with van der Waals surface area (Å²) in [5.74, 6) is 2.11. The van der Waals surface area contributed by atoms with Crippen molar-refractivity contribution in [2.75, 3.05) is 32.7 Å². The number of rotatable bonds is 5. The van der Waals surface area contributed by atoms with E-state index in [1.165, 1.54) is 41.4 Å². The van der Waals surface area contributed by atoms with E-state index in [1.54, 1.807) is 0 Å². The van der Waals surface area contributed by atoms with Gasteiger partial charge in [-0.1, -0.05) is 24.3 Å². The van der Waals surface area contributed by atoms with Gasteiger partial charge in [0.15, 0.2) is 4.90 Å². The van der Waals surface area contributed by atoms with Crippen molar-refractivity contribution in [3.63, 3.8) is 0 Å². The standard InChI is InChI=1S/C18H23N3O4S/c22-21(23)17-3-1-2-4-18(17)26(24,25)20-9-7-19(8-10-20)13-16-12-14-5-6-15(16)11-14/h1-6,14-16H,7-13H2/t14-,15-,16+/m1/s1. The molecule has 0 radical (unpaired) electrons. The van der Waals surface area contributed by atoms with Crippen molar-refractivity contribution in [2.24, 2.45) is 17.8 Å². The average Bonchev–Trinajstić information content (AvgIpc) is 3.25. The third kappa shape index (κ3) is 3.17. The Morgan fingerprint density at radius 2 is 1.81 bits per heavy atom. The van der Waals surface area contributed by atoms with Crippen molar-refractivity contribution in [3.8, 4) is 0 Å². The van der Waals surface area contributed by atoms with Crippen molar-refractivity contribution >= 4 is 15.7 Å². The van der Waals surface area contributed by atoms with Gasteiger partial charge in [0.05, 0.1) is 4.92 Å². The van der Waals surface area contributed by atoms with Gasteiger partial charge in [-0.2, -0.15) is 4.31 Å². The lowest BCUT2D eigenvalue weighted by Gasteiger charge is -2.36. The minimum absolute atomic E-state index is 0.211. The van der Waals surface area contributed by atoms with Crippen LogP contribution in [0.15, 0.2) is 41.3 Å². The summed E-state index contributed by atoms with van der Waals surface area (Å²) in [7, 11) is -3.84. The number of sulfonamides is 1. The van der Waals surface area contributed by atoms with E-state index >= 15 is 0 Å². The SMILES string of the molecule is O=[N+]([O-])c1ccccc1S(=O)(=O)N1CCN(C[C@@H]2C[C@@H]3C=C[C@@H]2C3)CC1. The van der Waals surface area contributed by atoms with Crippen molar-refractivity contribution in [1.29, 1.82) is 0 Å². The monoisotopic (exact) mass is 377 g/mol. The molecule has 2 aliphatic carbocycles. The summed E-state index contributed by atoms with van der Waals surface area (Å²) < 4.78 is 27.1. The van der Waals surface area contributed by atoms with Gasteiger partial charge in [-0.15, -0.1) is 0 Å². The Kier molecular flexibility index (Phi) is 4.58. The van der Waals surface area contributed by atoms with Crippen molar-refractivity contribution < 1.29 is 13.3 Å². The van der Waals surface area contributed by atoms with Crippen LogP contribution in [0.5, 0.6) is 0 Å². The molecule has 1 aromatic carbocycles. The number of nitro groups is 1. The molecule has 1 saturated heterocycles. The molecule has 0 aromatic heterocycles. The molecular weight excluding hydrogens is 354 g/mol. The van der Waals surface area contributed by atoms with E-state index in [1.807, 2.05) is 0 Å². The van der Waals surface area contributed by atoms with Gasteiger partial charge in [0, 0.05) is 38.8 Å². The molecule has 1 heterocycles. The Balaban J connectivity index is 1.41. The quantitative estimate of drug-likeness (QED) is 0.446. The average molecular weight is 377 g/mol. The van der Waals surface area contributed by atoms with Gasteiger partial charge in [-0.3, -0.25) is 10.1 Å². The maximum absolute atomic E-state index is 12.9. The minimum Gasteiger partial charge on any atom is -0.300 e. The normalized spacial score (nSPS) is 29.3. The van der Waals surface area contributed by atoms with Gasteiger partial charge in [0.2, 0.25) is 10.0 Å². The molecule has 0 amide bonds. The number of benzene rings is 1. The second kappa shape index (κ2) is 6.75. The van der Waals surface area contributed by atoms with Gasteiger partial charge >= 0.3 is 0 Å². The molecule has 2 fully saturated rings. The topological polar surface area (TPSA) is 83.8 Å². The van der Waals surface area contributed by atoms with Crippen molar-refractivity contribution in [1.82, 2.24) is 9.21 Å². The van der Waals surface area contributed by atoms with E-state index in [0.717, 1.165) is 12.5 Å². The van der Waals surface area contributed by atoms with Crippen LogP contribution < -0.4 is 0 Å². The Bertz CT molecular complexity index is 831. The maximum atomic E-state index is 12.9. The van der Waals surface area contributed by atoms with Gasteiger partial charge in [-0.05, 0) is 36.7 Å². The zero-order valence-corrected chi connectivity index (χ0v) is 15.3. The lowest BCUT2D eigenvalue weighted by molar-refractivity contribution is -0.387. The number of fused-ring (bicyclic) bond motifs is 2. The highest BCUT2D eigenvalue weighted by Crippen LogP contribution is 2.43. The van der Waals surface area contributed by atoms with Crippen LogP contribution in [-0.2, 0) is 10.0 Å².